The highest BCUT2D eigenvalue weighted by Crippen LogP contribution is 2.28. The number of unbranched alkanes of at least 4 members (excludes halogenated alkanes) is 1. The number of aryl methyl sites for hydroxylation is 1. The minimum atomic E-state index is -0.173. The van der Waals surface area contributed by atoms with Gasteiger partial charge in [-0.25, -0.2) is 9.97 Å². The normalized spacial score (nSPS) is 11.5. The van der Waals surface area contributed by atoms with Crippen molar-refractivity contribution in [3.63, 3.8) is 0 Å². The number of rotatable bonds is 7. The molecule has 0 bridgehead atoms. The van der Waals surface area contributed by atoms with Gasteiger partial charge in [0.05, 0.1) is 11.0 Å². The van der Waals surface area contributed by atoms with Gasteiger partial charge in [0.15, 0.2) is 5.65 Å². The fraction of sp³-hybridized carbons (Fsp3) is 0.450. The lowest BCUT2D eigenvalue weighted by Gasteiger charge is -2.08. The zero-order valence-corrected chi connectivity index (χ0v) is 15.7. The van der Waals surface area contributed by atoms with Crippen molar-refractivity contribution in [1.82, 2.24) is 19.9 Å². The molecule has 1 aromatic carbocycles. The van der Waals surface area contributed by atoms with Gasteiger partial charge in [-0.05, 0) is 30.9 Å². The number of para-hydroxylation sites is 2. The van der Waals surface area contributed by atoms with Gasteiger partial charge < -0.3 is 15.6 Å². The summed E-state index contributed by atoms with van der Waals surface area (Å²) in [6.07, 6.45) is 2.93. The van der Waals surface area contributed by atoms with Gasteiger partial charge in [-0.2, -0.15) is 0 Å². The maximum absolute atomic E-state index is 12.8. The Morgan fingerprint density at radius 2 is 1.92 bits per heavy atom. The van der Waals surface area contributed by atoms with E-state index < -0.39 is 0 Å². The van der Waals surface area contributed by atoms with Gasteiger partial charge in [0.25, 0.3) is 5.91 Å². The molecule has 3 N–H and O–H groups in total. The average Bonchev–Trinajstić information content (AvgIpc) is 2.88. The van der Waals surface area contributed by atoms with Gasteiger partial charge in [0.1, 0.15) is 16.9 Å². The molecule has 0 aliphatic carbocycles. The molecule has 0 atom stereocenters. The standard InChI is InChI=1S/C20H27N5O/c1-4-5-12-25-18(21)16(20(26)22-11-10-13(2)3)17-19(25)24-15-9-7-6-8-14(15)23-17/h6-9,13H,4-5,10-12,21H2,1-3H3,(H,22,26). The second-order valence-electron chi connectivity index (χ2n) is 7.09. The second-order valence-corrected chi connectivity index (χ2v) is 7.09. The van der Waals surface area contributed by atoms with E-state index in [-0.39, 0.29) is 5.91 Å². The van der Waals surface area contributed by atoms with Crippen LogP contribution in [0.1, 0.15) is 50.4 Å². The molecule has 0 aliphatic heterocycles. The van der Waals surface area contributed by atoms with Crippen molar-refractivity contribution in [3.8, 4) is 0 Å². The van der Waals surface area contributed by atoms with Crippen LogP contribution >= 0.6 is 0 Å². The number of benzene rings is 1. The van der Waals surface area contributed by atoms with E-state index in [1.165, 1.54) is 0 Å². The van der Waals surface area contributed by atoms with Crippen molar-refractivity contribution in [2.45, 2.75) is 46.6 Å². The van der Waals surface area contributed by atoms with Gasteiger partial charge in [-0.15, -0.1) is 0 Å². The Morgan fingerprint density at radius 3 is 2.58 bits per heavy atom. The van der Waals surface area contributed by atoms with Crippen molar-refractivity contribution in [2.24, 2.45) is 5.92 Å². The fourth-order valence-corrected chi connectivity index (χ4v) is 3.05. The van der Waals surface area contributed by atoms with E-state index in [4.69, 9.17) is 15.7 Å². The number of hydrogen-bond donors (Lipinski definition) is 2. The summed E-state index contributed by atoms with van der Waals surface area (Å²) in [5, 5.41) is 2.98. The summed E-state index contributed by atoms with van der Waals surface area (Å²) in [6, 6.07) is 7.69. The summed E-state index contributed by atoms with van der Waals surface area (Å²) in [4.78, 5) is 22.3. The van der Waals surface area contributed by atoms with Crippen LogP contribution in [0.4, 0.5) is 5.82 Å². The number of nitrogens with two attached hydrogens (primary N) is 1. The maximum atomic E-state index is 12.8. The van der Waals surface area contributed by atoms with Gasteiger partial charge in [-0.3, -0.25) is 4.79 Å². The number of carbonyl (C=O) groups is 1. The Labute approximate surface area is 153 Å². The summed E-state index contributed by atoms with van der Waals surface area (Å²) in [5.74, 6) is 0.807. The lowest BCUT2D eigenvalue weighted by molar-refractivity contribution is 0.0954. The van der Waals surface area contributed by atoms with Crippen LogP contribution in [-0.2, 0) is 6.54 Å². The van der Waals surface area contributed by atoms with Crippen LogP contribution in [0.2, 0.25) is 0 Å². The fourth-order valence-electron chi connectivity index (χ4n) is 3.05. The molecule has 0 fully saturated rings. The lowest BCUT2D eigenvalue weighted by Crippen LogP contribution is -2.26. The zero-order chi connectivity index (χ0) is 18.7. The first-order valence-corrected chi connectivity index (χ1v) is 9.35. The molecule has 1 amide bonds. The van der Waals surface area contributed by atoms with Crippen LogP contribution in [0.5, 0.6) is 0 Å². The van der Waals surface area contributed by atoms with E-state index in [9.17, 15) is 4.79 Å². The van der Waals surface area contributed by atoms with E-state index in [2.05, 4.69) is 26.1 Å². The summed E-state index contributed by atoms with van der Waals surface area (Å²) in [5.41, 5.74) is 9.66. The Morgan fingerprint density at radius 1 is 1.23 bits per heavy atom. The molecule has 0 radical (unpaired) electrons. The lowest BCUT2D eigenvalue weighted by atomic mass is 10.1. The first-order valence-electron chi connectivity index (χ1n) is 9.35. The SMILES string of the molecule is CCCCn1c(N)c(C(=O)NCCC(C)C)c2nc3ccccc3nc21. The van der Waals surface area contributed by atoms with E-state index in [1.54, 1.807) is 0 Å². The van der Waals surface area contributed by atoms with Crippen molar-refractivity contribution in [1.29, 1.82) is 0 Å². The molecule has 0 saturated carbocycles. The van der Waals surface area contributed by atoms with Crippen molar-refractivity contribution in [3.05, 3.63) is 29.8 Å². The quantitative estimate of drug-likeness (QED) is 0.677. The van der Waals surface area contributed by atoms with Crippen LogP contribution in [0.25, 0.3) is 22.2 Å². The highest BCUT2D eigenvalue weighted by atomic mass is 16.1. The third-order valence-electron chi connectivity index (χ3n) is 4.56. The summed E-state index contributed by atoms with van der Waals surface area (Å²) >= 11 is 0. The third-order valence-corrected chi connectivity index (χ3v) is 4.56. The molecular weight excluding hydrogens is 326 g/mol. The number of hydrogen-bond acceptors (Lipinski definition) is 4. The van der Waals surface area contributed by atoms with Gasteiger partial charge in [-0.1, -0.05) is 39.3 Å². The molecular formula is C20H27N5O. The predicted octanol–water partition coefficient (Wildman–Crippen LogP) is 3.74. The smallest absolute Gasteiger partial charge is 0.257 e. The zero-order valence-electron chi connectivity index (χ0n) is 15.7. The number of nitrogens with zero attached hydrogens (tertiary/aromatic N) is 3. The molecule has 6 nitrogen and oxygen atoms in total. The van der Waals surface area contributed by atoms with Crippen LogP contribution in [0, 0.1) is 5.92 Å². The molecule has 2 heterocycles. The number of amides is 1. The first-order chi connectivity index (χ1) is 12.5. The molecule has 0 spiro atoms. The largest absolute Gasteiger partial charge is 0.384 e. The Balaban J connectivity index is 2.09. The number of anilines is 1. The predicted molar refractivity (Wildman–Crippen MR) is 106 cm³/mol. The summed E-state index contributed by atoms with van der Waals surface area (Å²) in [6.45, 7) is 7.75. The average molecular weight is 353 g/mol. The molecule has 26 heavy (non-hydrogen) atoms. The Hall–Kier alpha value is -2.63. The minimum Gasteiger partial charge on any atom is -0.384 e. The molecule has 3 aromatic rings. The van der Waals surface area contributed by atoms with Crippen LogP contribution in [0.3, 0.4) is 0 Å². The van der Waals surface area contributed by atoms with E-state index in [0.29, 0.717) is 35.0 Å². The van der Waals surface area contributed by atoms with Gasteiger partial charge >= 0.3 is 0 Å². The van der Waals surface area contributed by atoms with Crippen molar-refractivity contribution < 1.29 is 4.79 Å². The number of aromatic nitrogens is 3. The molecule has 138 valence electrons. The van der Waals surface area contributed by atoms with Crippen LogP contribution in [-0.4, -0.2) is 27.0 Å². The van der Waals surface area contributed by atoms with Gasteiger partial charge in [0.2, 0.25) is 0 Å². The molecule has 3 rings (SSSR count). The topological polar surface area (TPSA) is 85.8 Å². The van der Waals surface area contributed by atoms with E-state index >= 15 is 0 Å². The van der Waals surface area contributed by atoms with Gasteiger partial charge in [0, 0.05) is 13.1 Å². The number of nitrogens with one attached hydrogen (secondary N) is 1. The number of carbonyl (C=O) groups excluding carboxylic acids is 1. The Kier molecular flexibility index (Phi) is 5.40. The molecule has 0 aliphatic rings. The van der Waals surface area contributed by atoms with Crippen molar-refractivity contribution in [2.75, 3.05) is 12.3 Å². The second kappa shape index (κ2) is 7.72. The van der Waals surface area contributed by atoms with Crippen LogP contribution < -0.4 is 11.1 Å². The van der Waals surface area contributed by atoms with Crippen molar-refractivity contribution >= 4 is 33.9 Å². The highest BCUT2D eigenvalue weighted by Gasteiger charge is 2.23. The Bertz CT molecular complexity index is 929. The summed E-state index contributed by atoms with van der Waals surface area (Å²) in [7, 11) is 0. The maximum Gasteiger partial charge on any atom is 0.257 e. The molecule has 0 saturated heterocycles. The number of nitrogen functional groups attached to an aromatic ring is 1. The number of fused-ring (bicyclic) bond motifs is 2. The monoisotopic (exact) mass is 353 g/mol. The molecule has 2 aromatic heterocycles. The van der Waals surface area contributed by atoms with E-state index in [0.717, 1.165) is 36.8 Å². The third kappa shape index (κ3) is 3.49. The summed E-state index contributed by atoms with van der Waals surface area (Å²) < 4.78 is 1.93. The molecule has 0 unspecified atom stereocenters. The minimum absolute atomic E-state index is 0.173. The highest BCUT2D eigenvalue weighted by molar-refractivity contribution is 6.10. The molecule has 6 heteroatoms. The first kappa shape index (κ1) is 18.2. The van der Waals surface area contributed by atoms with E-state index in [1.807, 2.05) is 28.8 Å². The van der Waals surface area contributed by atoms with Crippen LogP contribution in [0.15, 0.2) is 24.3 Å².